The van der Waals surface area contributed by atoms with Crippen molar-refractivity contribution in [1.82, 2.24) is 5.32 Å². The SMILES string of the molecule is CCCCC/C=C\C/C=C\CCCCCCCC(=O)NC(N)=O. The Morgan fingerprint density at radius 2 is 1.39 bits per heavy atom. The van der Waals surface area contributed by atoms with E-state index in [1.807, 2.05) is 0 Å². The van der Waals surface area contributed by atoms with Crippen LogP contribution in [0.1, 0.15) is 84.0 Å². The van der Waals surface area contributed by atoms with Crippen LogP contribution in [-0.4, -0.2) is 11.9 Å². The second kappa shape index (κ2) is 16.8. The Bertz CT molecular complexity index is 362. The lowest BCUT2D eigenvalue weighted by Crippen LogP contribution is -2.34. The summed E-state index contributed by atoms with van der Waals surface area (Å²) < 4.78 is 0. The molecule has 0 saturated carbocycles. The number of carbonyl (C=O) groups excluding carboxylic acids is 2. The highest BCUT2D eigenvalue weighted by Gasteiger charge is 2.02. The molecule has 0 atom stereocenters. The van der Waals surface area contributed by atoms with Crippen molar-refractivity contribution in [3.05, 3.63) is 24.3 Å². The number of urea groups is 1. The van der Waals surface area contributed by atoms with Crippen molar-refractivity contribution in [2.75, 3.05) is 0 Å². The lowest BCUT2D eigenvalue weighted by Gasteiger charge is -2.01. The van der Waals surface area contributed by atoms with E-state index in [2.05, 4.69) is 36.5 Å². The van der Waals surface area contributed by atoms with Gasteiger partial charge in [-0.3, -0.25) is 10.1 Å². The van der Waals surface area contributed by atoms with Gasteiger partial charge >= 0.3 is 6.03 Å². The van der Waals surface area contributed by atoms with Gasteiger partial charge in [-0.05, 0) is 38.5 Å². The summed E-state index contributed by atoms with van der Waals surface area (Å²) in [6, 6.07) is -0.766. The molecule has 0 aliphatic rings. The van der Waals surface area contributed by atoms with Gasteiger partial charge in [-0.1, -0.05) is 63.3 Å². The molecule has 4 heteroatoms. The smallest absolute Gasteiger partial charge is 0.318 e. The van der Waals surface area contributed by atoms with Crippen molar-refractivity contribution in [2.45, 2.75) is 84.0 Å². The third-order valence-electron chi connectivity index (χ3n) is 3.62. The fraction of sp³-hybridized carbons (Fsp3) is 0.684. The zero-order valence-corrected chi connectivity index (χ0v) is 14.7. The molecule has 0 rings (SSSR count). The molecule has 3 amide bonds. The number of nitrogens with two attached hydrogens (primary N) is 1. The molecule has 0 spiro atoms. The van der Waals surface area contributed by atoms with Gasteiger partial charge in [0.05, 0.1) is 0 Å². The van der Waals surface area contributed by atoms with E-state index in [4.69, 9.17) is 5.73 Å². The maximum atomic E-state index is 11.2. The normalized spacial score (nSPS) is 11.3. The molecule has 0 aromatic carbocycles. The molecule has 0 heterocycles. The molecule has 0 aromatic rings. The minimum absolute atomic E-state index is 0.275. The van der Waals surface area contributed by atoms with Gasteiger partial charge in [-0.15, -0.1) is 0 Å². The summed E-state index contributed by atoms with van der Waals surface area (Å²) in [6.45, 7) is 2.23. The number of rotatable bonds is 14. The minimum Gasteiger partial charge on any atom is -0.351 e. The first-order valence-corrected chi connectivity index (χ1v) is 9.06. The van der Waals surface area contributed by atoms with Crippen LogP contribution >= 0.6 is 0 Å². The molecule has 3 N–H and O–H groups in total. The van der Waals surface area contributed by atoms with Gasteiger partial charge < -0.3 is 5.73 Å². The Kier molecular flexibility index (Phi) is 15.6. The van der Waals surface area contributed by atoms with Crippen LogP contribution in [0.5, 0.6) is 0 Å². The molecule has 0 fully saturated rings. The van der Waals surface area contributed by atoms with E-state index >= 15 is 0 Å². The number of hydrogen-bond acceptors (Lipinski definition) is 2. The van der Waals surface area contributed by atoms with Crippen molar-refractivity contribution in [3.63, 3.8) is 0 Å². The molecule has 0 radical (unpaired) electrons. The number of hydrogen-bond donors (Lipinski definition) is 2. The predicted octanol–water partition coefficient (Wildman–Crippen LogP) is 4.99. The summed E-state index contributed by atoms with van der Waals surface area (Å²) in [6.07, 6.45) is 22.1. The summed E-state index contributed by atoms with van der Waals surface area (Å²) in [5.74, 6) is -0.275. The first-order valence-electron chi connectivity index (χ1n) is 9.06. The van der Waals surface area contributed by atoms with Crippen molar-refractivity contribution >= 4 is 11.9 Å². The lowest BCUT2D eigenvalue weighted by molar-refractivity contribution is -0.120. The average molecular weight is 322 g/mol. The predicted molar refractivity (Wildman–Crippen MR) is 97.1 cm³/mol. The van der Waals surface area contributed by atoms with Crippen LogP contribution in [0.2, 0.25) is 0 Å². The van der Waals surface area contributed by atoms with Gasteiger partial charge in [0.2, 0.25) is 5.91 Å². The quantitative estimate of drug-likeness (QED) is 0.349. The third kappa shape index (κ3) is 18.4. The van der Waals surface area contributed by atoms with E-state index in [1.165, 1.54) is 38.5 Å². The number of nitrogens with one attached hydrogen (secondary N) is 1. The Morgan fingerprint density at radius 3 is 2.00 bits per heavy atom. The maximum Gasteiger partial charge on any atom is 0.318 e. The summed E-state index contributed by atoms with van der Waals surface area (Å²) in [5.41, 5.74) is 4.87. The Morgan fingerprint density at radius 1 is 0.826 bits per heavy atom. The van der Waals surface area contributed by atoms with Gasteiger partial charge in [-0.2, -0.15) is 0 Å². The van der Waals surface area contributed by atoms with Crippen molar-refractivity contribution < 1.29 is 9.59 Å². The fourth-order valence-electron chi connectivity index (χ4n) is 2.30. The van der Waals surface area contributed by atoms with Crippen molar-refractivity contribution in [2.24, 2.45) is 5.73 Å². The first kappa shape index (κ1) is 21.4. The Balaban J connectivity index is 3.28. The number of primary amides is 1. The number of imide groups is 1. The largest absolute Gasteiger partial charge is 0.351 e. The molecule has 4 nitrogen and oxygen atoms in total. The molecular weight excluding hydrogens is 288 g/mol. The Labute approximate surface area is 141 Å². The monoisotopic (exact) mass is 322 g/mol. The molecule has 132 valence electrons. The number of unbranched alkanes of at least 4 members (excludes halogenated alkanes) is 8. The van der Waals surface area contributed by atoms with E-state index in [1.54, 1.807) is 0 Å². The van der Waals surface area contributed by atoms with Gasteiger partial charge in [-0.25, -0.2) is 4.79 Å². The molecule has 0 bridgehead atoms. The van der Waals surface area contributed by atoms with Crippen LogP contribution in [0.25, 0.3) is 0 Å². The first-order chi connectivity index (χ1) is 11.2. The molecule has 0 unspecified atom stereocenters. The van der Waals surface area contributed by atoms with Crippen LogP contribution in [0.3, 0.4) is 0 Å². The molecule has 0 saturated heterocycles. The molecule has 0 aromatic heterocycles. The van der Waals surface area contributed by atoms with Crippen LogP contribution in [0, 0.1) is 0 Å². The van der Waals surface area contributed by atoms with Crippen LogP contribution in [-0.2, 0) is 4.79 Å². The van der Waals surface area contributed by atoms with E-state index in [-0.39, 0.29) is 5.91 Å². The van der Waals surface area contributed by atoms with Gasteiger partial charge in [0.1, 0.15) is 0 Å². The Hall–Kier alpha value is -1.58. The number of amides is 3. The van der Waals surface area contributed by atoms with Crippen LogP contribution < -0.4 is 11.1 Å². The molecule has 0 aliphatic heterocycles. The van der Waals surface area contributed by atoms with Crippen molar-refractivity contribution in [3.8, 4) is 0 Å². The number of allylic oxidation sites excluding steroid dienone is 4. The standard InChI is InChI=1S/C19H34N2O2/c1-2-3-4-5-6-7-8-9-10-11-12-13-14-15-16-17-18(22)21-19(20)23/h6-7,9-10H,2-5,8,11-17H2,1H3,(H3,20,21,22,23)/b7-6-,10-9-. The minimum atomic E-state index is -0.766. The molecule has 23 heavy (non-hydrogen) atoms. The highest BCUT2D eigenvalue weighted by molar-refractivity contribution is 5.93. The van der Waals surface area contributed by atoms with E-state index < -0.39 is 6.03 Å². The fourth-order valence-corrected chi connectivity index (χ4v) is 2.30. The topological polar surface area (TPSA) is 72.2 Å². The summed E-state index contributed by atoms with van der Waals surface area (Å²) in [5, 5.41) is 2.08. The van der Waals surface area contributed by atoms with Crippen molar-refractivity contribution in [1.29, 1.82) is 0 Å². The highest BCUT2D eigenvalue weighted by atomic mass is 16.2. The summed E-state index contributed by atoms with van der Waals surface area (Å²) >= 11 is 0. The van der Waals surface area contributed by atoms with Gasteiger partial charge in [0.25, 0.3) is 0 Å². The van der Waals surface area contributed by atoms with E-state index in [0.29, 0.717) is 6.42 Å². The average Bonchev–Trinajstić information content (AvgIpc) is 2.50. The second-order valence-electron chi connectivity index (χ2n) is 5.89. The van der Waals surface area contributed by atoms with Crippen LogP contribution in [0.15, 0.2) is 24.3 Å². The van der Waals surface area contributed by atoms with E-state index in [9.17, 15) is 9.59 Å². The highest BCUT2D eigenvalue weighted by Crippen LogP contribution is 2.08. The number of carbonyl (C=O) groups is 2. The van der Waals surface area contributed by atoms with Gasteiger partial charge in [0.15, 0.2) is 0 Å². The summed E-state index contributed by atoms with van der Waals surface area (Å²) in [7, 11) is 0. The zero-order chi connectivity index (χ0) is 17.2. The van der Waals surface area contributed by atoms with E-state index in [0.717, 1.165) is 32.1 Å². The van der Waals surface area contributed by atoms with Crippen LogP contribution in [0.4, 0.5) is 4.79 Å². The summed E-state index contributed by atoms with van der Waals surface area (Å²) in [4.78, 5) is 21.6. The zero-order valence-electron chi connectivity index (χ0n) is 14.7. The molecular formula is C19H34N2O2. The lowest BCUT2D eigenvalue weighted by atomic mass is 10.1. The maximum absolute atomic E-state index is 11.2. The van der Waals surface area contributed by atoms with Gasteiger partial charge in [0, 0.05) is 6.42 Å². The molecule has 0 aliphatic carbocycles. The second-order valence-corrected chi connectivity index (χ2v) is 5.89. The third-order valence-corrected chi connectivity index (χ3v) is 3.62.